The second-order valence-electron chi connectivity index (χ2n) is 5.89. The third-order valence-corrected chi connectivity index (χ3v) is 4.80. The molecule has 0 saturated carbocycles. The summed E-state index contributed by atoms with van der Waals surface area (Å²) in [5, 5.41) is 7.44. The van der Waals surface area contributed by atoms with Crippen LogP contribution in [0.3, 0.4) is 0 Å². The fraction of sp³-hybridized carbons (Fsp3) is 0.562. The predicted octanol–water partition coefficient (Wildman–Crippen LogP) is 1.81. The summed E-state index contributed by atoms with van der Waals surface area (Å²) in [7, 11) is 0. The van der Waals surface area contributed by atoms with Crippen LogP contribution in [0.5, 0.6) is 0 Å². The van der Waals surface area contributed by atoms with Crippen molar-refractivity contribution in [3.63, 3.8) is 0 Å². The smallest absolute Gasteiger partial charge is 0.223 e. The number of halogens is 1. The Morgan fingerprint density at radius 3 is 2.81 bits per heavy atom. The molecule has 0 bridgehead atoms. The van der Waals surface area contributed by atoms with Gasteiger partial charge in [0.05, 0.1) is 6.04 Å². The number of carbonyl (C=O) groups excluding carboxylic acids is 1. The number of hydrogen-bond donors (Lipinski definition) is 2. The zero-order valence-electron chi connectivity index (χ0n) is 12.1. The molecule has 2 unspecified atom stereocenters. The van der Waals surface area contributed by atoms with Gasteiger partial charge >= 0.3 is 0 Å². The molecule has 5 heteroatoms. The van der Waals surface area contributed by atoms with Crippen molar-refractivity contribution >= 4 is 17.5 Å². The largest absolute Gasteiger partial charge is 0.333 e. The average Bonchev–Trinajstić information content (AvgIpc) is 3.01. The standard InChI is InChI=1S/C16H22ClN3O/c17-14-4-2-1-3-13(14)15-11-19-7-8-20(15)16(21)9-12-5-6-18-10-12/h1-4,12,15,18-19H,5-11H2. The molecular formula is C16H22ClN3O. The molecule has 2 N–H and O–H groups in total. The van der Waals surface area contributed by atoms with Crippen molar-refractivity contribution in [1.82, 2.24) is 15.5 Å². The van der Waals surface area contributed by atoms with Gasteiger partial charge in [-0.1, -0.05) is 29.8 Å². The SMILES string of the molecule is O=C(CC1CCNC1)N1CCNCC1c1ccccc1Cl. The van der Waals surface area contributed by atoms with E-state index in [9.17, 15) is 4.79 Å². The van der Waals surface area contributed by atoms with Crippen LogP contribution in [0, 0.1) is 5.92 Å². The molecule has 2 heterocycles. The molecule has 0 spiro atoms. The van der Waals surface area contributed by atoms with E-state index in [1.807, 2.05) is 29.2 Å². The molecule has 21 heavy (non-hydrogen) atoms. The molecule has 114 valence electrons. The van der Waals surface area contributed by atoms with Crippen LogP contribution in [0.2, 0.25) is 5.02 Å². The number of carbonyl (C=O) groups is 1. The van der Waals surface area contributed by atoms with Gasteiger partial charge in [0, 0.05) is 31.1 Å². The Morgan fingerprint density at radius 2 is 2.05 bits per heavy atom. The second-order valence-corrected chi connectivity index (χ2v) is 6.30. The first-order chi connectivity index (χ1) is 10.3. The number of piperazine rings is 1. The van der Waals surface area contributed by atoms with Gasteiger partial charge in [-0.3, -0.25) is 4.79 Å². The Morgan fingerprint density at radius 1 is 1.24 bits per heavy atom. The third-order valence-electron chi connectivity index (χ3n) is 4.45. The summed E-state index contributed by atoms with van der Waals surface area (Å²) >= 11 is 6.32. The van der Waals surface area contributed by atoms with Crippen molar-refractivity contribution in [2.45, 2.75) is 18.9 Å². The fourth-order valence-electron chi connectivity index (χ4n) is 3.28. The van der Waals surface area contributed by atoms with E-state index >= 15 is 0 Å². The maximum absolute atomic E-state index is 12.7. The van der Waals surface area contributed by atoms with E-state index in [0.717, 1.165) is 49.7 Å². The molecule has 2 aliphatic heterocycles. The number of nitrogens with one attached hydrogen (secondary N) is 2. The lowest BCUT2D eigenvalue weighted by Gasteiger charge is -2.37. The molecule has 3 rings (SSSR count). The normalized spacial score (nSPS) is 26.0. The number of hydrogen-bond acceptors (Lipinski definition) is 3. The first kappa shape index (κ1) is 14.8. The molecule has 0 radical (unpaired) electrons. The topological polar surface area (TPSA) is 44.4 Å². The van der Waals surface area contributed by atoms with Crippen molar-refractivity contribution in [3.05, 3.63) is 34.9 Å². The Balaban J connectivity index is 1.74. The van der Waals surface area contributed by atoms with Crippen molar-refractivity contribution in [2.24, 2.45) is 5.92 Å². The third kappa shape index (κ3) is 3.39. The van der Waals surface area contributed by atoms with Crippen molar-refractivity contribution < 1.29 is 4.79 Å². The second kappa shape index (κ2) is 6.77. The van der Waals surface area contributed by atoms with Crippen LogP contribution < -0.4 is 10.6 Å². The maximum atomic E-state index is 12.7. The lowest BCUT2D eigenvalue weighted by Crippen LogP contribution is -2.49. The van der Waals surface area contributed by atoms with Gasteiger partial charge < -0.3 is 15.5 Å². The number of rotatable bonds is 3. The first-order valence-corrected chi connectivity index (χ1v) is 8.09. The highest BCUT2D eigenvalue weighted by Gasteiger charge is 2.30. The Kier molecular flexibility index (Phi) is 4.78. The monoisotopic (exact) mass is 307 g/mol. The molecule has 1 aromatic carbocycles. The van der Waals surface area contributed by atoms with Crippen LogP contribution in [0.4, 0.5) is 0 Å². The summed E-state index contributed by atoms with van der Waals surface area (Å²) in [6, 6.07) is 7.89. The minimum absolute atomic E-state index is 0.0503. The van der Waals surface area contributed by atoms with Gasteiger partial charge in [-0.15, -0.1) is 0 Å². The highest BCUT2D eigenvalue weighted by atomic mass is 35.5. The van der Waals surface area contributed by atoms with E-state index < -0.39 is 0 Å². The summed E-state index contributed by atoms with van der Waals surface area (Å²) in [4.78, 5) is 14.7. The molecule has 0 aliphatic carbocycles. The van der Waals surface area contributed by atoms with Crippen LogP contribution in [0.15, 0.2) is 24.3 Å². The van der Waals surface area contributed by atoms with Gasteiger partial charge in [0.15, 0.2) is 0 Å². The summed E-state index contributed by atoms with van der Waals surface area (Å²) in [6.07, 6.45) is 1.75. The lowest BCUT2D eigenvalue weighted by atomic mass is 9.99. The van der Waals surface area contributed by atoms with E-state index in [-0.39, 0.29) is 11.9 Å². The zero-order valence-corrected chi connectivity index (χ0v) is 12.9. The van der Waals surface area contributed by atoms with E-state index in [2.05, 4.69) is 10.6 Å². The van der Waals surface area contributed by atoms with Crippen LogP contribution >= 0.6 is 11.6 Å². The van der Waals surface area contributed by atoms with Gasteiger partial charge in [0.1, 0.15) is 0 Å². The summed E-state index contributed by atoms with van der Waals surface area (Å²) in [6.45, 7) is 4.39. The zero-order chi connectivity index (χ0) is 14.7. The van der Waals surface area contributed by atoms with Gasteiger partial charge in [-0.2, -0.15) is 0 Å². The minimum atomic E-state index is 0.0503. The Labute approximate surface area is 130 Å². The van der Waals surface area contributed by atoms with Crippen molar-refractivity contribution in [1.29, 1.82) is 0 Å². The van der Waals surface area contributed by atoms with Crippen LogP contribution in [-0.2, 0) is 4.79 Å². The van der Waals surface area contributed by atoms with E-state index in [4.69, 9.17) is 11.6 Å². The van der Waals surface area contributed by atoms with E-state index in [1.165, 1.54) is 0 Å². The predicted molar refractivity (Wildman–Crippen MR) is 84.4 cm³/mol. The van der Waals surface area contributed by atoms with Gasteiger partial charge in [0.25, 0.3) is 0 Å². The molecule has 1 amide bonds. The molecular weight excluding hydrogens is 286 g/mol. The molecule has 2 saturated heterocycles. The quantitative estimate of drug-likeness (QED) is 0.895. The summed E-state index contributed by atoms with van der Waals surface area (Å²) < 4.78 is 0. The molecule has 1 aromatic rings. The molecule has 4 nitrogen and oxygen atoms in total. The molecule has 2 atom stereocenters. The maximum Gasteiger partial charge on any atom is 0.223 e. The van der Waals surface area contributed by atoms with E-state index in [0.29, 0.717) is 12.3 Å². The number of benzene rings is 1. The Hall–Kier alpha value is -1.10. The molecule has 2 aliphatic rings. The van der Waals surface area contributed by atoms with Crippen molar-refractivity contribution in [2.75, 3.05) is 32.7 Å². The summed E-state index contributed by atoms with van der Waals surface area (Å²) in [5.41, 5.74) is 1.05. The fourth-order valence-corrected chi connectivity index (χ4v) is 3.54. The van der Waals surface area contributed by atoms with Gasteiger partial charge in [-0.05, 0) is 37.1 Å². The van der Waals surface area contributed by atoms with E-state index in [1.54, 1.807) is 0 Å². The number of nitrogens with zero attached hydrogens (tertiary/aromatic N) is 1. The molecule has 2 fully saturated rings. The van der Waals surface area contributed by atoms with Gasteiger partial charge in [-0.25, -0.2) is 0 Å². The first-order valence-electron chi connectivity index (χ1n) is 7.71. The summed E-state index contributed by atoms with van der Waals surface area (Å²) in [5.74, 6) is 0.745. The van der Waals surface area contributed by atoms with Crippen LogP contribution in [-0.4, -0.2) is 43.5 Å². The number of amides is 1. The highest BCUT2D eigenvalue weighted by molar-refractivity contribution is 6.31. The molecule has 0 aromatic heterocycles. The highest BCUT2D eigenvalue weighted by Crippen LogP contribution is 2.29. The lowest BCUT2D eigenvalue weighted by molar-refractivity contribution is -0.135. The van der Waals surface area contributed by atoms with Crippen molar-refractivity contribution in [3.8, 4) is 0 Å². The average molecular weight is 308 g/mol. The van der Waals surface area contributed by atoms with Crippen LogP contribution in [0.25, 0.3) is 0 Å². The Bertz CT molecular complexity index is 502. The van der Waals surface area contributed by atoms with Gasteiger partial charge in [0.2, 0.25) is 5.91 Å². The van der Waals surface area contributed by atoms with Crippen LogP contribution in [0.1, 0.15) is 24.4 Å². The minimum Gasteiger partial charge on any atom is -0.333 e.